The van der Waals surface area contributed by atoms with Crippen molar-refractivity contribution in [1.29, 1.82) is 0 Å². The van der Waals surface area contributed by atoms with Crippen molar-refractivity contribution in [2.45, 2.75) is 25.4 Å². The molecule has 2 atom stereocenters. The molecule has 1 aromatic carbocycles. The molecule has 126 valence electrons. The Morgan fingerprint density at radius 2 is 1.92 bits per heavy atom. The third kappa shape index (κ3) is 3.54. The first-order valence-electron chi connectivity index (χ1n) is 6.90. The lowest BCUT2D eigenvalue weighted by Gasteiger charge is -2.17. The van der Waals surface area contributed by atoms with Crippen LogP contribution < -0.4 is 10.9 Å². The number of nitrogens with one attached hydrogen (secondary N) is 1. The molecule has 2 rings (SSSR count). The van der Waals surface area contributed by atoms with Gasteiger partial charge in [-0.05, 0) is 19.1 Å². The quantitative estimate of drug-likeness (QED) is 0.633. The van der Waals surface area contributed by atoms with E-state index in [1.807, 2.05) is 0 Å². The molecule has 0 bridgehead atoms. The number of aliphatic carboxylic acids is 2. The van der Waals surface area contributed by atoms with Gasteiger partial charge in [-0.1, -0.05) is 17.3 Å². The lowest BCUT2D eigenvalue weighted by atomic mass is 10.2. The van der Waals surface area contributed by atoms with Crippen LogP contribution in [0.25, 0.3) is 10.9 Å². The van der Waals surface area contributed by atoms with Gasteiger partial charge >= 0.3 is 11.9 Å². The van der Waals surface area contributed by atoms with Gasteiger partial charge in [-0.2, -0.15) is 4.68 Å². The van der Waals surface area contributed by atoms with Gasteiger partial charge in [0.1, 0.15) is 17.6 Å². The maximum absolute atomic E-state index is 12.3. The number of amides is 1. The fourth-order valence-electron chi connectivity index (χ4n) is 2.03. The minimum atomic E-state index is -1.61. The Kier molecular flexibility index (Phi) is 4.87. The zero-order chi connectivity index (χ0) is 17.9. The Bertz CT molecular complexity index is 862. The van der Waals surface area contributed by atoms with E-state index in [1.54, 1.807) is 18.2 Å². The fourth-order valence-corrected chi connectivity index (χ4v) is 2.03. The molecule has 2 aromatic rings. The molecule has 10 nitrogen and oxygen atoms in total. The van der Waals surface area contributed by atoms with Gasteiger partial charge in [0.25, 0.3) is 5.56 Å². The highest BCUT2D eigenvalue weighted by Gasteiger charge is 2.27. The van der Waals surface area contributed by atoms with Crippen LogP contribution in [0.5, 0.6) is 0 Å². The van der Waals surface area contributed by atoms with E-state index in [0.717, 1.165) is 4.68 Å². The van der Waals surface area contributed by atoms with E-state index in [-0.39, 0.29) is 5.39 Å². The molecule has 0 saturated carbocycles. The number of aromatic nitrogens is 3. The number of carbonyl (C=O) groups excluding carboxylic acids is 1. The molecule has 0 saturated heterocycles. The van der Waals surface area contributed by atoms with Crippen molar-refractivity contribution in [3.63, 3.8) is 0 Å². The second-order valence-corrected chi connectivity index (χ2v) is 5.03. The second kappa shape index (κ2) is 6.86. The van der Waals surface area contributed by atoms with E-state index in [9.17, 15) is 19.2 Å². The summed E-state index contributed by atoms with van der Waals surface area (Å²) in [7, 11) is 0. The van der Waals surface area contributed by atoms with Crippen LogP contribution in [0.1, 0.15) is 19.4 Å². The predicted molar refractivity (Wildman–Crippen MR) is 80.3 cm³/mol. The van der Waals surface area contributed by atoms with Gasteiger partial charge in [-0.3, -0.25) is 14.4 Å². The zero-order valence-electron chi connectivity index (χ0n) is 12.5. The van der Waals surface area contributed by atoms with Crippen LogP contribution in [0, 0.1) is 0 Å². The minimum Gasteiger partial charge on any atom is -0.481 e. The van der Waals surface area contributed by atoms with Gasteiger partial charge in [0.2, 0.25) is 5.91 Å². The minimum absolute atomic E-state index is 0.257. The lowest BCUT2D eigenvalue weighted by molar-refractivity contribution is -0.147. The topological polar surface area (TPSA) is 151 Å². The van der Waals surface area contributed by atoms with Gasteiger partial charge < -0.3 is 15.5 Å². The van der Waals surface area contributed by atoms with Crippen LogP contribution in [0.15, 0.2) is 29.1 Å². The first-order valence-corrected chi connectivity index (χ1v) is 6.90. The third-order valence-corrected chi connectivity index (χ3v) is 3.33. The van der Waals surface area contributed by atoms with Gasteiger partial charge in [0.15, 0.2) is 0 Å². The molecule has 1 amide bonds. The summed E-state index contributed by atoms with van der Waals surface area (Å²) in [6.07, 6.45) is -0.786. The van der Waals surface area contributed by atoms with Gasteiger partial charge in [-0.25, -0.2) is 4.79 Å². The summed E-state index contributed by atoms with van der Waals surface area (Å²) in [6, 6.07) is 3.66. The molecular formula is C14H14N4O6. The summed E-state index contributed by atoms with van der Waals surface area (Å²) in [6.45, 7) is 1.33. The van der Waals surface area contributed by atoms with Gasteiger partial charge in [0, 0.05) is 0 Å². The van der Waals surface area contributed by atoms with E-state index in [1.165, 1.54) is 13.0 Å². The Labute approximate surface area is 134 Å². The highest BCUT2D eigenvalue weighted by Crippen LogP contribution is 2.07. The van der Waals surface area contributed by atoms with Crippen LogP contribution in [0.3, 0.4) is 0 Å². The third-order valence-electron chi connectivity index (χ3n) is 3.33. The van der Waals surface area contributed by atoms with Crippen molar-refractivity contribution >= 4 is 28.7 Å². The second-order valence-electron chi connectivity index (χ2n) is 5.03. The van der Waals surface area contributed by atoms with Gasteiger partial charge in [-0.15, -0.1) is 5.10 Å². The molecule has 3 N–H and O–H groups in total. The van der Waals surface area contributed by atoms with Crippen molar-refractivity contribution in [2.75, 3.05) is 0 Å². The van der Waals surface area contributed by atoms with E-state index < -0.39 is 41.9 Å². The summed E-state index contributed by atoms with van der Waals surface area (Å²) in [4.78, 5) is 46.1. The summed E-state index contributed by atoms with van der Waals surface area (Å²) in [5, 5.41) is 27.4. The molecule has 0 aliphatic rings. The molecule has 0 spiro atoms. The highest BCUT2D eigenvalue weighted by molar-refractivity contribution is 5.88. The van der Waals surface area contributed by atoms with Crippen LogP contribution in [-0.4, -0.2) is 49.1 Å². The van der Waals surface area contributed by atoms with Crippen molar-refractivity contribution < 1.29 is 24.6 Å². The first-order chi connectivity index (χ1) is 11.3. The summed E-state index contributed by atoms with van der Waals surface area (Å²) >= 11 is 0. The predicted octanol–water partition coefficient (Wildman–Crippen LogP) is -0.603. The molecule has 0 fully saturated rings. The molecular weight excluding hydrogens is 320 g/mol. The molecule has 0 radical (unpaired) electrons. The van der Waals surface area contributed by atoms with Crippen molar-refractivity contribution in [1.82, 2.24) is 20.3 Å². The number of rotatable bonds is 6. The maximum Gasteiger partial charge on any atom is 0.326 e. The lowest BCUT2D eigenvalue weighted by Crippen LogP contribution is -2.46. The van der Waals surface area contributed by atoms with Crippen molar-refractivity contribution in [3.8, 4) is 0 Å². The molecule has 24 heavy (non-hydrogen) atoms. The van der Waals surface area contributed by atoms with E-state index >= 15 is 0 Å². The summed E-state index contributed by atoms with van der Waals surface area (Å²) < 4.78 is 0.817. The standard InChI is InChI=1S/C14H14N4O6/c1-7(12(21)15-10(14(23)24)6-11(19)20)18-13(22)8-4-2-3-5-9(8)16-17-18/h2-5,7,10H,6H2,1H3,(H,15,21)(H,19,20)(H,23,24)/t7-,10-/m0/s1. The number of carboxylic acids is 2. The molecule has 0 aliphatic carbocycles. The number of hydrogen-bond donors (Lipinski definition) is 3. The van der Waals surface area contributed by atoms with Crippen LogP contribution >= 0.6 is 0 Å². The first kappa shape index (κ1) is 17.1. The van der Waals surface area contributed by atoms with Gasteiger partial charge in [0.05, 0.1) is 11.8 Å². The number of benzene rings is 1. The molecule has 0 aliphatic heterocycles. The average molecular weight is 334 g/mol. The fraction of sp³-hybridized carbons (Fsp3) is 0.286. The largest absolute Gasteiger partial charge is 0.481 e. The molecule has 1 aromatic heterocycles. The SMILES string of the molecule is C[C@@H](C(=O)N[C@@H](CC(=O)O)C(=O)O)n1nnc2ccccc2c1=O. The maximum atomic E-state index is 12.3. The number of carbonyl (C=O) groups is 3. The van der Waals surface area contributed by atoms with Crippen molar-refractivity contribution in [3.05, 3.63) is 34.6 Å². The number of carboxylic acid groups (broad SMARTS) is 2. The van der Waals surface area contributed by atoms with Crippen molar-refractivity contribution in [2.24, 2.45) is 0 Å². The number of nitrogens with zero attached hydrogens (tertiary/aromatic N) is 3. The van der Waals surface area contributed by atoms with E-state index in [2.05, 4.69) is 15.6 Å². The normalized spacial score (nSPS) is 13.2. The van der Waals surface area contributed by atoms with E-state index in [0.29, 0.717) is 5.52 Å². The Balaban J connectivity index is 2.27. The number of fused-ring (bicyclic) bond motifs is 1. The van der Waals surface area contributed by atoms with E-state index in [4.69, 9.17) is 10.2 Å². The Morgan fingerprint density at radius 3 is 2.54 bits per heavy atom. The summed E-state index contributed by atoms with van der Waals surface area (Å²) in [5.74, 6) is -3.72. The number of hydrogen-bond acceptors (Lipinski definition) is 6. The Hall–Kier alpha value is -3.30. The molecule has 1 heterocycles. The monoisotopic (exact) mass is 334 g/mol. The van der Waals surface area contributed by atoms with Crippen LogP contribution in [-0.2, 0) is 14.4 Å². The smallest absolute Gasteiger partial charge is 0.326 e. The molecule has 10 heteroatoms. The summed E-state index contributed by atoms with van der Waals surface area (Å²) in [5.41, 5.74) is -0.200. The van der Waals surface area contributed by atoms with Crippen LogP contribution in [0.2, 0.25) is 0 Å². The highest BCUT2D eigenvalue weighted by atomic mass is 16.4. The zero-order valence-corrected chi connectivity index (χ0v) is 12.5. The average Bonchev–Trinajstić information content (AvgIpc) is 2.53. The Morgan fingerprint density at radius 1 is 1.25 bits per heavy atom. The van der Waals surface area contributed by atoms with Crippen LogP contribution in [0.4, 0.5) is 0 Å². The molecule has 0 unspecified atom stereocenters.